The molecule has 1 amide bonds. The zero-order valence-corrected chi connectivity index (χ0v) is 16.4. The Labute approximate surface area is 169 Å². The molecule has 29 heavy (non-hydrogen) atoms. The first-order valence-electron chi connectivity index (χ1n) is 9.42. The van der Waals surface area contributed by atoms with E-state index in [4.69, 9.17) is 0 Å². The van der Waals surface area contributed by atoms with E-state index < -0.39 is 0 Å². The summed E-state index contributed by atoms with van der Waals surface area (Å²) >= 11 is 0. The van der Waals surface area contributed by atoms with Crippen LogP contribution >= 0.6 is 0 Å². The molecule has 0 radical (unpaired) electrons. The second-order valence-corrected chi connectivity index (χ2v) is 6.97. The molecule has 0 fully saturated rings. The number of nitrogens with zero attached hydrogens (tertiary/aromatic N) is 5. The Balaban J connectivity index is 1.44. The van der Waals surface area contributed by atoms with E-state index in [0.29, 0.717) is 24.5 Å². The summed E-state index contributed by atoms with van der Waals surface area (Å²) in [5.41, 5.74) is 5.16. The van der Waals surface area contributed by atoms with Crippen LogP contribution in [-0.2, 0) is 13.1 Å². The fourth-order valence-corrected chi connectivity index (χ4v) is 3.14. The highest BCUT2D eigenvalue weighted by Crippen LogP contribution is 2.14. The molecular weight excluding hydrogens is 364 g/mol. The number of carbonyl (C=O) groups excluding carboxylic acids is 1. The van der Waals surface area contributed by atoms with Crippen molar-refractivity contribution in [2.45, 2.75) is 26.9 Å². The second kappa shape index (κ2) is 8.10. The van der Waals surface area contributed by atoms with Crippen molar-refractivity contribution in [3.8, 4) is 0 Å². The highest BCUT2D eigenvalue weighted by atomic mass is 16.2. The van der Waals surface area contributed by atoms with Crippen LogP contribution in [0.2, 0.25) is 0 Å². The van der Waals surface area contributed by atoms with Crippen molar-refractivity contribution in [2.75, 3.05) is 5.32 Å². The first-order valence-corrected chi connectivity index (χ1v) is 9.42. The van der Waals surface area contributed by atoms with Gasteiger partial charge in [-0.2, -0.15) is 5.10 Å². The van der Waals surface area contributed by atoms with Crippen LogP contribution in [0.5, 0.6) is 0 Å². The van der Waals surface area contributed by atoms with Gasteiger partial charge in [-0.25, -0.2) is 4.68 Å². The van der Waals surface area contributed by atoms with E-state index in [1.807, 2.05) is 55.6 Å². The number of carbonyl (C=O) groups is 1. The SMILES string of the molecule is Cc1ccccc1Cn1cc(NC(=O)c2nnn(Cc3ccccc3)c2C)cn1. The van der Waals surface area contributed by atoms with Gasteiger partial charge in [0, 0.05) is 6.20 Å². The summed E-state index contributed by atoms with van der Waals surface area (Å²) in [5, 5.41) is 15.4. The third-order valence-electron chi connectivity index (χ3n) is 4.86. The number of hydrogen-bond acceptors (Lipinski definition) is 4. The number of amides is 1. The highest BCUT2D eigenvalue weighted by Gasteiger charge is 2.17. The molecule has 2 aromatic heterocycles. The van der Waals surface area contributed by atoms with Crippen molar-refractivity contribution in [3.63, 3.8) is 0 Å². The van der Waals surface area contributed by atoms with Crippen LogP contribution in [0.4, 0.5) is 5.69 Å². The van der Waals surface area contributed by atoms with Gasteiger partial charge in [0.15, 0.2) is 5.69 Å². The quantitative estimate of drug-likeness (QED) is 0.551. The average Bonchev–Trinajstić information content (AvgIpc) is 3.31. The van der Waals surface area contributed by atoms with Crippen molar-refractivity contribution in [1.29, 1.82) is 0 Å². The lowest BCUT2D eigenvalue weighted by molar-refractivity contribution is 0.102. The smallest absolute Gasteiger partial charge is 0.278 e. The molecule has 1 N–H and O–H groups in total. The van der Waals surface area contributed by atoms with Crippen molar-refractivity contribution in [2.24, 2.45) is 0 Å². The summed E-state index contributed by atoms with van der Waals surface area (Å²) in [6, 6.07) is 18.1. The summed E-state index contributed by atoms with van der Waals surface area (Å²) in [5.74, 6) is -0.294. The van der Waals surface area contributed by atoms with E-state index in [9.17, 15) is 4.79 Å². The van der Waals surface area contributed by atoms with Crippen LogP contribution < -0.4 is 5.32 Å². The molecule has 4 aromatic rings. The number of aromatic nitrogens is 5. The zero-order valence-electron chi connectivity index (χ0n) is 16.4. The predicted octanol–water partition coefficient (Wildman–Crippen LogP) is 3.44. The Morgan fingerprint density at radius 3 is 2.55 bits per heavy atom. The van der Waals surface area contributed by atoms with Gasteiger partial charge in [0.1, 0.15) is 0 Å². The normalized spacial score (nSPS) is 10.8. The molecule has 7 nitrogen and oxygen atoms in total. The molecule has 0 aliphatic rings. The Morgan fingerprint density at radius 1 is 1.00 bits per heavy atom. The molecule has 0 bridgehead atoms. The van der Waals surface area contributed by atoms with E-state index in [2.05, 4.69) is 39.8 Å². The summed E-state index contributed by atoms with van der Waals surface area (Å²) in [6.45, 7) is 5.14. The maximum absolute atomic E-state index is 12.7. The summed E-state index contributed by atoms with van der Waals surface area (Å²) in [6.07, 6.45) is 3.45. The average molecular weight is 386 g/mol. The monoisotopic (exact) mass is 386 g/mol. The molecule has 146 valence electrons. The van der Waals surface area contributed by atoms with Crippen molar-refractivity contribution < 1.29 is 4.79 Å². The predicted molar refractivity (Wildman–Crippen MR) is 111 cm³/mol. The van der Waals surface area contributed by atoms with Gasteiger partial charge in [0.25, 0.3) is 5.91 Å². The van der Waals surface area contributed by atoms with Gasteiger partial charge in [0.2, 0.25) is 0 Å². The lowest BCUT2D eigenvalue weighted by atomic mass is 10.1. The summed E-state index contributed by atoms with van der Waals surface area (Å²) < 4.78 is 3.53. The van der Waals surface area contributed by atoms with Gasteiger partial charge < -0.3 is 5.32 Å². The number of hydrogen-bond donors (Lipinski definition) is 1. The van der Waals surface area contributed by atoms with Gasteiger partial charge in [-0.15, -0.1) is 5.10 Å². The molecule has 4 rings (SSSR count). The lowest BCUT2D eigenvalue weighted by Gasteiger charge is -2.05. The maximum Gasteiger partial charge on any atom is 0.278 e. The van der Waals surface area contributed by atoms with Gasteiger partial charge in [-0.05, 0) is 30.5 Å². The summed E-state index contributed by atoms with van der Waals surface area (Å²) in [7, 11) is 0. The number of anilines is 1. The van der Waals surface area contributed by atoms with E-state index in [-0.39, 0.29) is 5.91 Å². The first-order chi connectivity index (χ1) is 14.1. The van der Waals surface area contributed by atoms with Gasteiger partial charge in [-0.3, -0.25) is 9.48 Å². The topological polar surface area (TPSA) is 77.6 Å². The van der Waals surface area contributed by atoms with Crippen LogP contribution in [-0.4, -0.2) is 30.7 Å². The van der Waals surface area contributed by atoms with Gasteiger partial charge >= 0.3 is 0 Å². The summed E-state index contributed by atoms with van der Waals surface area (Å²) in [4.78, 5) is 12.7. The van der Waals surface area contributed by atoms with E-state index in [1.165, 1.54) is 11.1 Å². The van der Waals surface area contributed by atoms with Crippen LogP contribution in [0.3, 0.4) is 0 Å². The van der Waals surface area contributed by atoms with Crippen molar-refractivity contribution in [1.82, 2.24) is 24.8 Å². The fourth-order valence-electron chi connectivity index (χ4n) is 3.14. The molecule has 0 aliphatic heterocycles. The molecule has 0 aliphatic carbocycles. The fraction of sp³-hybridized carbons (Fsp3) is 0.182. The van der Waals surface area contributed by atoms with E-state index >= 15 is 0 Å². The van der Waals surface area contributed by atoms with Crippen LogP contribution in [0.25, 0.3) is 0 Å². The minimum atomic E-state index is -0.294. The molecule has 2 heterocycles. The molecule has 0 atom stereocenters. The van der Waals surface area contributed by atoms with E-state index in [0.717, 1.165) is 11.3 Å². The standard InChI is InChI=1S/C22H22N6O/c1-16-8-6-7-11-19(16)14-27-15-20(12-23-27)24-22(29)21-17(2)28(26-25-21)13-18-9-4-3-5-10-18/h3-12,15H,13-14H2,1-2H3,(H,24,29). The second-order valence-electron chi connectivity index (χ2n) is 6.97. The molecule has 0 saturated heterocycles. The Hall–Kier alpha value is -3.74. The highest BCUT2D eigenvalue weighted by molar-refractivity contribution is 6.03. The van der Waals surface area contributed by atoms with Gasteiger partial charge in [0.05, 0.1) is 30.7 Å². The Bertz CT molecular complexity index is 1130. The minimum absolute atomic E-state index is 0.294. The third-order valence-corrected chi connectivity index (χ3v) is 4.86. The van der Waals surface area contributed by atoms with E-state index in [1.54, 1.807) is 15.6 Å². The molecule has 0 saturated carbocycles. The number of benzene rings is 2. The lowest BCUT2D eigenvalue weighted by Crippen LogP contribution is -2.14. The van der Waals surface area contributed by atoms with Crippen LogP contribution in [0.1, 0.15) is 32.9 Å². The third kappa shape index (κ3) is 4.24. The number of aryl methyl sites for hydroxylation is 1. The largest absolute Gasteiger partial charge is 0.318 e. The van der Waals surface area contributed by atoms with Gasteiger partial charge in [-0.1, -0.05) is 59.8 Å². The molecular formula is C22H22N6O. The van der Waals surface area contributed by atoms with Crippen LogP contribution in [0.15, 0.2) is 67.0 Å². The first kappa shape index (κ1) is 18.6. The number of rotatable bonds is 6. The Morgan fingerprint density at radius 2 is 1.76 bits per heavy atom. The maximum atomic E-state index is 12.7. The van der Waals surface area contributed by atoms with Crippen LogP contribution in [0, 0.1) is 13.8 Å². The molecule has 2 aromatic carbocycles. The van der Waals surface area contributed by atoms with Crippen molar-refractivity contribution >= 4 is 11.6 Å². The van der Waals surface area contributed by atoms with Crippen molar-refractivity contribution in [3.05, 3.63) is 95.1 Å². The Kier molecular flexibility index (Phi) is 5.20. The number of nitrogens with one attached hydrogen (secondary N) is 1. The minimum Gasteiger partial charge on any atom is -0.318 e. The molecule has 7 heteroatoms. The molecule has 0 unspecified atom stereocenters. The zero-order chi connectivity index (χ0) is 20.2. The molecule has 0 spiro atoms.